The van der Waals surface area contributed by atoms with Gasteiger partial charge in [0.25, 0.3) is 0 Å². The molecule has 0 saturated carbocycles. The molecule has 2 aliphatic rings. The Bertz CT molecular complexity index is 617. The molecule has 0 saturated heterocycles. The summed E-state index contributed by atoms with van der Waals surface area (Å²) in [6.07, 6.45) is 8.96. The summed E-state index contributed by atoms with van der Waals surface area (Å²) in [5.74, 6) is 0.789. The van der Waals surface area contributed by atoms with Gasteiger partial charge in [0.2, 0.25) is 0 Å². The standard InChI is InChI=1S/C13H9Cl2N3/c14-8-5-9(15)13-10(6-8)17-12-3-1-2-4-18(12)11(13)7-16/h1-7,11,16H. The first-order chi connectivity index (χ1) is 8.70. The van der Waals surface area contributed by atoms with E-state index >= 15 is 0 Å². The fourth-order valence-electron chi connectivity index (χ4n) is 2.16. The maximum absolute atomic E-state index is 7.63. The van der Waals surface area contributed by atoms with Crippen LogP contribution < -0.4 is 0 Å². The van der Waals surface area contributed by atoms with Gasteiger partial charge in [0.05, 0.1) is 11.7 Å². The van der Waals surface area contributed by atoms with Gasteiger partial charge in [0.15, 0.2) is 0 Å². The van der Waals surface area contributed by atoms with Crippen molar-refractivity contribution in [3.05, 3.63) is 52.2 Å². The Morgan fingerprint density at radius 2 is 2.11 bits per heavy atom. The lowest BCUT2D eigenvalue weighted by molar-refractivity contribution is 0.506. The van der Waals surface area contributed by atoms with Crippen molar-refractivity contribution in [2.75, 3.05) is 0 Å². The minimum Gasteiger partial charge on any atom is -0.320 e. The van der Waals surface area contributed by atoms with E-state index in [1.165, 1.54) is 6.21 Å². The van der Waals surface area contributed by atoms with Crippen LogP contribution in [0.25, 0.3) is 0 Å². The molecule has 3 rings (SSSR count). The lowest BCUT2D eigenvalue weighted by Crippen LogP contribution is -2.33. The van der Waals surface area contributed by atoms with Crippen molar-refractivity contribution in [3.8, 4) is 0 Å². The Balaban J connectivity index is 2.26. The number of hydrogen-bond acceptors (Lipinski definition) is 3. The maximum atomic E-state index is 7.63. The molecule has 2 aliphatic heterocycles. The van der Waals surface area contributed by atoms with Gasteiger partial charge < -0.3 is 10.3 Å². The first kappa shape index (κ1) is 11.5. The number of nitrogens with one attached hydrogen (secondary N) is 1. The van der Waals surface area contributed by atoms with E-state index in [-0.39, 0.29) is 6.04 Å². The van der Waals surface area contributed by atoms with Gasteiger partial charge in [0, 0.05) is 28.0 Å². The van der Waals surface area contributed by atoms with E-state index in [9.17, 15) is 0 Å². The summed E-state index contributed by atoms with van der Waals surface area (Å²) in [7, 11) is 0. The molecule has 3 nitrogen and oxygen atoms in total. The predicted molar refractivity (Wildman–Crippen MR) is 75.2 cm³/mol. The van der Waals surface area contributed by atoms with Gasteiger partial charge in [0.1, 0.15) is 5.84 Å². The fraction of sp³-hybridized carbons (Fsp3) is 0.0769. The Labute approximate surface area is 115 Å². The molecule has 0 spiro atoms. The molecular weight excluding hydrogens is 269 g/mol. The first-order valence-electron chi connectivity index (χ1n) is 5.42. The normalized spacial score (nSPS) is 20.2. The number of fused-ring (bicyclic) bond motifs is 2. The summed E-state index contributed by atoms with van der Waals surface area (Å²) in [5, 5.41) is 8.72. The van der Waals surface area contributed by atoms with Crippen LogP contribution in [0, 0.1) is 5.41 Å². The number of halogens is 2. The number of nitrogens with zero attached hydrogens (tertiary/aromatic N) is 2. The van der Waals surface area contributed by atoms with Crippen LogP contribution in [0.15, 0.2) is 41.6 Å². The zero-order valence-corrected chi connectivity index (χ0v) is 10.8. The molecular formula is C13H9Cl2N3. The maximum Gasteiger partial charge on any atom is 0.134 e. The zero-order valence-electron chi connectivity index (χ0n) is 9.27. The number of aliphatic imine (C=N–C) groups is 1. The summed E-state index contributed by atoms with van der Waals surface area (Å²) in [5.41, 5.74) is 1.55. The van der Waals surface area contributed by atoms with Crippen molar-refractivity contribution in [2.24, 2.45) is 4.99 Å². The monoisotopic (exact) mass is 277 g/mol. The topological polar surface area (TPSA) is 39.5 Å². The Kier molecular flexibility index (Phi) is 2.73. The lowest BCUT2D eigenvalue weighted by atomic mass is 10.0. The van der Waals surface area contributed by atoms with Crippen LogP contribution in [0.5, 0.6) is 0 Å². The molecule has 18 heavy (non-hydrogen) atoms. The van der Waals surface area contributed by atoms with Gasteiger partial charge in [-0.1, -0.05) is 29.3 Å². The fourth-order valence-corrected chi connectivity index (χ4v) is 2.75. The molecule has 2 heterocycles. The number of benzene rings is 1. The summed E-state index contributed by atoms with van der Waals surface area (Å²) in [6.45, 7) is 0. The van der Waals surface area contributed by atoms with E-state index in [1.807, 2.05) is 29.3 Å². The molecule has 1 N–H and O–H groups in total. The van der Waals surface area contributed by atoms with Crippen molar-refractivity contribution in [1.29, 1.82) is 5.41 Å². The molecule has 5 heteroatoms. The van der Waals surface area contributed by atoms with Gasteiger partial charge >= 0.3 is 0 Å². The van der Waals surface area contributed by atoms with Gasteiger partial charge in [-0.2, -0.15) is 0 Å². The molecule has 1 unspecified atom stereocenters. The van der Waals surface area contributed by atoms with Crippen LogP contribution in [0.1, 0.15) is 11.6 Å². The smallest absolute Gasteiger partial charge is 0.134 e. The minimum atomic E-state index is -0.238. The third kappa shape index (κ3) is 1.67. The first-order valence-corrected chi connectivity index (χ1v) is 6.18. The molecule has 90 valence electrons. The molecule has 1 aromatic rings. The molecule has 1 aromatic carbocycles. The van der Waals surface area contributed by atoms with Gasteiger partial charge in [-0.15, -0.1) is 0 Å². The quantitative estimate of drug-likeness (QED) is 0.771. The van der Waals surface area contributed by atoms with E-state index < -0.39 is 0 Å². The Morgan fingerprint density at radius 1 is 1.28 bits per heavy atom. The van der Waals surface area contributed by atoms with Gasteiger partial charge in [-0.3, -0.25) is 0 Å². The number of allylic oxidation sites excluding steroid dienone is 2. The summed E-state index contributed by atoms with van der Waals surface area (Å²) >= 11 is 12.2. The van der Waals surface area contributed by atoms with Crippen molar-refractivity contribution in [3.63, 3.8) is 0 Å². The number of amidine groups is 1. The molecule has 0 bridgehead atoms. The van der Waals surface area contributed by atoms with Crippen LogP contribution in [0.4, 0.5) is 5.69 Å². The number of rotatable bonds is 1. The second-order valence-electron chi connectivity index (χ2n) is 4.01. The van der Waals surface area contributed by atoms with Crippen LogP contribution in [0.2, 0.25) is 10.0 Å². The summed E-state index contributed by atoms with van der Waals surface area (Å²) < 4.78 is 0. The third-order valence-corrected chi connectivity index (χ3v) is 3.46. The second-order valence-corrected chi connectivity index (χ2v) is 4.85. The molecule has 0 amide bonds. The van der Waals surface area contributed by atoms with E-state index in [2.05, 4.69) is 4.99 Å². The highest BCUT2D eigenvalue weighted by atomic mass is 35.5. The van der Waals surface area contributed by atoms with E-state index in [4.69, 9.17) is 28.6 Å². The minimum absolute atomic E-state index is 0.238. The highest BCUT2D eigenvalue weighted by molar-refractivity contribution is 6.36. The van der Waals surface area contributed by atoms with Gasteiger partial charge in [-0.05, 0) is 24.3 Å². The van der Waals surface area contributed by atoms with E-state index in [0.717, 1.165) is 17.1 Å². The Hall–Kier alpha value is -1.58. The largest absolute Gasteiger partial charge is 0.320 e. The number of hydrogen-bond donors (Lipinski definition) is 1. The highest BCUT2D eigenvalue weighted by Crippen LogP contribution is 2.41. The van der Waals surface area contributed by atoms with Gasteiger partial charge in [-0.25, -0.2) is 4.99 Å². The van der Waals surface area contributed by atoms with Crippen molar-refractivity contribution in [1.82, 2.24) is 4.90 Å². The predicted octanol–water partition coefficient (Wildman–Crippen LogP) is 4.11. The van der Waals surface area contributed by atoms with E-state index in [1.54, 1.807) is 12.1 Å². The molecule has 1 atom stereocenters. The van der Waals surface area contributed by atoms with Crippen molar-refractivity contribution >= 4 is 40.9 Å². The van der Waals surface area contributed by atoms with Crippen molar-refractivity contribution < 1.29 is 0 Å². The van der Waals surface area contributed by atoms with Crippen LogP contribution in [-0.4, -0.2) is 17.0 Å². The van der Waals surface area contributed by atoms with Crippen molar-refractivity contribution in [2.45, 2.75) is 6.04 Å². The molecule has 0 fully saturated rings. The van der Waals surface area contributed by atoms with Crippen LogP contribution in [-0.2, 0) is 0 Å². The van der Waals surface area contributed by atoms with Crippen LogP contribution in [0.3, 0.4) is 0 Å². The average Bonchev–Trinajstić information content (AvgIpc) is 2.35. The second kappa shape index (κ2) is 4.26. The Morgan fingerprint density at radius 3 is 2.89 bits per heavy atom. The molecule has 0 aromatic heterocycles. The highest BCUT2D eigenvalue weighted by Gasteiger charge is 2.29. The average molecular weight is 278 g/mol. The molecule has 0 radical (unpaired) electrons. The zero-order chi connectivity index (χ0) is 12.7. The third-order valence-electron chi connectivity index (χ3n) is 2.93. The summed E-state index contributed by atoms with van der Waals surface area (Å²) in [4.78, 5) is 6.43. The SMILES string of the molecule is N=CC1c2c(Cl)cc(Cl)cc2N=C2C=CC=CN21. The van der Waals surface area contributed by atoms with Crippen LogP contribution >= 0.6 is 23.2 Å². The lowest BCUT2D eigenvalue weighted by Gasteiger charge is -2.34. The summed E-state index contributed by atoms with van der Waals surface area (Å²) in [6, 6.07) is 3.22. The van der Waals surface area contributed by atoms with E-state index in [0.29, 0.717) is 10.0 Å². The molecule has 0 aliphatic carbocycles.